The summed E-state index contributed by atoms with van der Waals surface area (Å²) >= 11 is 7.56. The lowest BCUT2D eigenvalue weighted by atomic mass is 9.78. The Morgan fingerprint density at radius 1 is 0.862 bits per heavy atom. The lowest BCUT2D eigenvalue weighted by Crippen LogP contribution is -2.39. The first kappa shape index (κ1) is 47.9. The maximum absolute atomic E-state index is 14.2. The maximum Gasteiger partial charge on any atom is 0.501 e. The Morgan fingerprint density at radius 2 is 1.52 bits per heavy atom. The number of amides is 1. The van der Waals surface area contributed by atoms with Crippen molar-refractivity contribution in [1.29, 1.82) is 5.26 Å². The van der Waals surface area contributed by atoms with Crippen LogP contribution in [0.25, 0.3) is 11.1 Å². The van der Waals surface area contributed by atoms with Gasteiger partial charge in [0.05, 0.1) is 35.8 Å². The van der Waals surface area contributed by atoms with Gasteiger partial charge in [0, 0.05) is 65.7 Å². The first-order valence-corrected chi connectivity index (χ1v) is 25.3. The van der Waals surface area contributed by atoms with E-state index < -0.39 is 52.8 Å². The van der Waals surface area contributed by atoms with Gasteiger partial charge in [-0.3, -0.25) is 9.69 Å². The molecule has 2 heterocycles. The van der Waals surface area contributed by atoms with Gasteiger partial charge in [-0.2, -0.15) is 18.4 Å². The Kier molecular flexibility index (Phi) is 15.5. The van der Waals surface area contributed by atoms with E-state index in [2.05, 4.69) is 21.2 Å². The molecule has 11 nitrogen and oxygen atoms in total. The number of halogens is 4. The van der Waals surface area contributed by atoms with Gasteiger partial charge in [0.25, 0.3) is 25.8 Å². The quantitative estimate of drug-likeness (QED) is 0.0912. The van der Waals surface area contributed by atoms with E-state index in [1.165, 1.54) is 23.9 Å². The van der Waals surface area contributed by atoms with Crippen molar-refractivity contribution in [2.45, 2.75) is 51.4 Å². The van der Waals surface area contributed by atoms with Crippen LogP contribution in [0.3, 0.4) is 0 Å². The van der Waals surface area contributed by atoms with Gasteiger partial charge >= 0.3 is 5.51 Å². The molecule has 2 N–H and O–H groups in total. The highest BCUT2D eigenvalue weighted by molar-refractivity contribution is 7.99. The average molecular weight is 967 g/mol. The molecule has 1 amide bonds. The molecule has 7 rings (SSSR count). The number of alkyl halides is 3. The molecule has 2 aliphatic rings. The van der Waals surface area contributed by atoms with Gasteiger partial charge in [0.1, 0.15) is 4.90 Å². The molecular weight excluding hydrogens is 919 g/mol. The number of morpholine rings is 1. The zero-order valence-corrected chi connectivity index (χ0v) is 38.3. The second-order valence-electron chi connectivity index (χ2n) is 15.8. The van der Waals surface area contributed by atoms with E-state index in [0.717, 1.165) is 52.2 Å². The van der Waals surface area contributed by atoms with Crippen LogP contribution in [0.1, 0.15) is 41.1 Å². The molecule has 2 fully saturated rings. The van der Waals surface area contributed by atoms with Gasteiger partial charge in [0.2, 0.25) is 0 Å². The molecule has 0 spiro atoms. The number of carbonyl (C=O) groups is 1. The van der Waals surface area contributed by atoms with E-state index in [-0.39, 0.29) is 17.4 Å². The second kappa shape index (κ2) is 21.0. The molecule has 342 valence electrons. The molecule has 2 saturated heterocycles. The molecule has 2 aliphatic heterocycles. The number of benzene rings is 5. The number of anilines is 2. The predicted octanol–water partition coefficient (Wildman–Crippen LogP) is 9.24. The fraction of sp³-hybridized carbons (Fsp3) is 0.319. The molecule has 0 radical (unpaired) electrons. The van der Waals surface area contributed by atoms with Crippen LogP contribution in [0.4, 0.5) is 24.5 Å². The summed E-state index contributed by atoms with van der Waals surface area (Å²) in [5.41, 5.74) is -2.55. The highest BCUT2D eigenvalue weighted by Gasteiger charge is 2.48. The molecule has 0 aromatic heterocycles. The number of sulfone groups is 1. The van der Waals surface area contributed by atoms with Crippen LogP contribution in [-0.4, -0.2) is 90.9 Å². The van der Waals surface area contributed by atoms with Gasteiger partial charge in [-0.05, 0) is 109 Å². The summed E-state index contributed by atoms with van der Waals surface area (Å²) in [6.07, 6.45) is 1.87. The zero-order chi connectivity index (χ0) is 46.2. The summed E-state index contributed by atoms with van der Waals surface area (Å²) in [6.45, 7) is 4.22. The summed E-state index contributed by atoms with van der Waals surface area (Å²) in [5.74, 6) is -0.970. The van der Waals surface area contributed by atoms with Crippen molar-refractivity contribution in [3.8, 4) is 17.2 Å². The zero-order valence-electron chi connectivity index (χ0n) is 35.1. The number of nitrogens with one attached hydrogen (secondary N) is 2. The molecule has 0 bridgehead atoms. The summed E-state index contributed by atoms with van der Waals surface area (Å²) in [7, 11) is -10.9. The van der Waals surface area contributed by atoms with Crippen LogP contribution >= 0.6 is 23.4 Å². The smallest absolute Gasteiger partial charge is 0.380 e. The van der Waals surface area contributed by atoms with Crippen LogP contribution in [0.5, 0.6) is 0 Å². The number of piperidine rings is 1. The van der Waals surface area contributed by atoms with Crippen LogP contribution in [0.2, 0.25) is 5.02 Å². The molecule has 5 aromatic carbocycles. The first-order chi connectivity index (χ1) is 31.1. The number of rotatable bonds is 16. The summed E-state index contributed by atoms with van der Waals surface area (Å²) in [5, 5.41) is 14.0. The topological polar surface area (TPSA) is 149 Å². The largest absolute Gasteiger partial charge is 0.501 e. The van der Waals surface area contributed by atoms with E-state index in [0.29, 0.717) is 69.2 Å². The minimum Gasteiger partial charge on any atom is -0.380 e. The van der Waals surface area contributed by atoms with Crippen molar-refractivity contribution in [2.24, 2.45) is 5.92 Å². The lowest BCUT2D eigenvalue weighted by Gasteiger charge is -2.36. The Labute approximate surface area is 386 Å². The Bertz CT molecular complexity index is 2690. The lowest BCUT2D eigenvalue weighted by molar-refractivity contribution is -0.0435. The Balaban J connectivity index is 1.03. The summed E-state index contributed by atoms with van der Waals surface area (Å²) < 4.78 is 103. The summed E-state index contributed by atoms with van der Waals surface area (Å²) in [6, 6.07) is 35.3. The van der Waals surface area contributed by atoms with E-state index in [9.17, 15) is 40.1 Å². The van der Waals surface area contributed by atoms with Gasteiger partial charge in [0.15, 0.2) is 0 Å². The number of nitrogens with zero attached hydrogens (tertiary/aromatic N) is 3. The molecule has 0 unspecified atom stereocenters. The molecule has 5 aromatic rings. The van der Waals surface area contributed by atoms with Crippen LogP contribution < -0.4 is 14.9 Å². The number of ether oxygens (including phenoxy) is 1. The number of hydrogen-bond donors (Lipinski definition) is 2. The molecule has 18 heteroatoms. The minimum absolute atomic E-state index is 0.0454. The van der Waals surface area contributed by atoms with E-state index in [4.69, 9.17) is 16.3 Å². The third kappa shape index (κ3) is 11.8. The highest BCUT2D eigenvalue weighted by Crippen LogP contribution is 2.40. The number of thioether (sulfide) groups is 1. The van der Waals surface area contributed by atoms with Gasteiger partial charge in [-0.1, -0.05) is 66.2 Å². The molecule has 0 aliphatic carbocycles. The molecule has 65 heavy (non-hydrogen) atoms. The SMILES string of the molecule is N#C[C@@H](c1ccccc1-c1ccc(Cl)cc1)C1CCN(c2ccc(C(=O)NS(=O)(=O)c3ccc(N[C@@H](CCN4CCOCC4)CSc4ccccc4)c(S(=O)(=O)C(F)(F)F)c3)cc2)CC1. The van der Waals surface area contributed by atoms with Gasteiger partial charge in [-0.15, -0.1) is 11.8 Å². The molecular formula is C47H47ClF3N5O6S3. The van der Waals surface area contributed by atoms with Crippen molar-refractivity contribution in [2.75, 3.05) is 61.9 Å². The van der Waals surface area contributed by atoms with Crippen LogP contribution in [-0.2, 0) is 24.6 Å². The maximum atomic E-state index is 14.2. The van der Waals surface area contributed by atoms with E-state index in [1.54, 1.807) is 12.1 Å². The van der Waals surface area contributed by atoms with Crippen molar-refractivity contribution in [3.05, 3.63) is 137 Å². The standard InChI is InChI=1S/C47H47ClF3N5O6S3/c48-36-14-10-33(11-15-36)41-8-4-5-9-42(41)43(31-52)34-20-24-56(25-21-34)38-16-12-35(13-17-38)46(57)54-65(60,61)40-18-19-44(45(30-40)64(58,59)47(49,50)51)53-37(22-23-55-26-28-62-29-27-55)32-63-39-6-2-1-3-7-39/h1-19,30,34,37,43,53H,20-29,32H2,(H,54,57)/t37-,43+/m0/s1. The summed E-state index contributed by atoms with van der Waals surface area (Å²) in [4.78, 5) is 16.4. The minimum atomic E-state index is -6.07. The number of hydrogen-bond acceptors (Lipinski definition) is 11. The predicted molar refractivity (Wildman–Crippen MR) is 247 cm³/mol. The normalized spacial score (nSPS) is 16.3. The monoisotopic (exact) mass is 965 g/mol. The van der Waals surface area contributed by atoms with Crippen molar-refractivity contribution in [1.82, 2.24) is 9.62 Å². The van der Waals surface area contributed by atoms with Gasteiger partial charge in [-0.25, -0.2) is 21.6 Å². The van der Waals surface area contributed by atoms with Gasteiger partial charge < -0.3 is 15.0 Å². The van der Waals surface area contributed by atoms with Crippen molar-refractivity contribution in [3.63, 3.8) is 0 Å². The first-order valence-electron chi connectivity index (χ1n) is 21.0. The molecule has 2 atom stereocenters. The number of nitriles is 1. The highest BCUT2D eigenvalue weighted by atomic mass is 35.5. The molecule has 0 saturated carbocycles. The second-order valence-corrected chi connectivity index (χ2v) is 20.9. The van der Waals surface area contributed by atoms with E-state index in [1.807, 2.05) is 83.6 Å². The fourth-order valence-electron chi connectivity index (χ4n) is 8.07. The average Bonchev–Trinajstić information content (AvgIpc) is 3.31. The Hall–Kier alpha value is -5.09. The van der Waals surface area contributed by atoms with Crippen molar-refractivity contribution < 1.29 is 39.5 Å². The third-order valence-electron chi connectivity index (χ3n) is 11.6. The number of carbonyl (C=O) groups excluding carboxylic acids is 1. The fourth-order valence-corrected chi connectivity index (χ4v) is 11.2. The van der Waals surface area contributed by atoms with E-state index >= 15 is 0 Å². The van der Waals surface area contributed by atoms with Crippen molar-refractivity contribution >= 4 is 60.5 Å². The Morgan fingerprint density at radius 3 is 2.18 bits per heavy atom. The number of sulfonamides is 1. The van der Waals surface area contributed by atoms with Crippen LogP contribution in [0, 0.1) is 17.2 Å². The van der Waals surface area contributed by atoms with Crippen LogP contribution in [0.15, 0.2) is 136 Å². The third-order valence-corrected chi connectivity index (χ3v) is 15.9.